The number of benzene rings is 2. The highest BCUT2D eigenvalue weighted by atomic mass is 16.7. The Kier molecular flexibility index (Phi) is 6.78. The maximum Gasteiger partial charge on any atom is 0.338 e. The van der Waals surface area contributed by atoms with E-state index in [1.165, 1.54) is 0 Å². The van der Waals surface area contributed by atoms with Crippen molar-refractivity contribution in [3.63, 3.8) is 0 Å². The van der Waals surface area contributed by atoms with E-state index in [2.05, 4.69) is 5.32 Å². The largest absolute Gasteiger partial charge is 0.490 e. The maximum atomic E-state index is 12.2. The van der Waals surface area contributed by atoms with Crippen molar-refractivity contribution in [2.75, 3.05) is 26.6 Å². The molecule has 1 amide bonds. The fourth-order valence-electron chi connectivity index (χ4n) is 2.70. The van der Waals surface area contributed by atoms with Gasteiger partial charge in [-0.25, -0.2) is 4.79 Å². The van der Waals surface area contributed by atoms with Gasteiger partial charge >= 0.3 is 5.97 Å². The van der Waals surface area contributed by atoms with Crippen LogP contribution in [0.2, 0.25) is 0 Å². The molecule has 0 bridgehead atoms. The second-order valence-corrected chi connectivity index (χ2v) is 6.07. The summed E-state index contributed by atoms with van der Waals surface area (Å²) in [6.45, 7) is 4.70. The second-order valence-electron chi connectivity index (χ2n) is 6.07. The summed E-state index contributed by atoms with van der Waals surface area (Å²) in [5.74, 6) is 1.29. The third-order valence-electron chi connectivity index (χ3n) is 4.04. The van der Waals surface area contributed by atoms with Crippen LogP contribution in [0.3, 0.4) is 0 Å². The SMILES string of the molecule is CCOc1ccc(C(=O)OCC(=O)NCc2ccc3c(c2)OCO3)cc1OCC. The van der Waals surface area contributed by atoms with Crippen LogP contribution in [-0.4, -0.2) is 38.5 Å². The highest BCUT2D eigenvalue weighted by Gasteiger charge is 2.15. The van der Waals surface area contributed by atoms with Crippen LogP contribution in [0, 0.1) is 0 Å². The molecule has 3 rings (SSSR count). The summed E-state index contributed by atoms with van der Waals surface area (Å²) in [4.78, 5) is 24.3. The monoisotopic (exact) mass is 401 g/mol. The van der Waals surface area contributed by atoms with E-state index in [-0.39, 0.29) is 25.5 Å². The molecule has 1 N–H and O–H groups in total. The van der Waals surface area contributed by atoms with Crippen molar-refractivity contribution in [2.45, 2.75) is 20.4 Å². The first-order valence-corrected chi connectivity index (χ1v) is 9.32. The van der Waals surface area contributed by atoms with E-state index in [1.54, 1.807) is 30.3 Å². The molecule has 8 heteroatoms. The highest BCUT2D eigenvalue weighted by Crippen LogP contribution is 2.32. The van der Waals surface area contributed by atoms with Gasteiger partial charge in [-0.2, -0.15) is 0 Å². The Bertz CT molecular complexity index is 881. The lowest BCUT2D eigenvalue weighted by Gasteiger charge is -2.12. The summed E-state index contributed by atoms with van der Waals surface area (Å²) in [7, 11) is 0. The van der Waals surface area contributed by atoms with E-state index in [9.17, 15) is 9.59 Å². The molecule has 29 heavy (non-hydrogen) atoms. The van der Waals surface area contributed by atoms with Crippen molar-refractivity contribution < 1.29 is 33.3 Å². The zero-order chi connectivity index (χ0) is 20.6. The van der Waals surface area contributed by atoms with Crippen molar-refractivity contribution in [2.24, 2.45) is 0 Å². The van der Waals surface area contributed by atoms with Crippen LogP contribution in [0.5, 0.6) is 23.0 Å². The Labute approximate surface area is 168 Å². The van der Waals surface area contributed by atoms with E-state index in [1.807, 2.05) is 19.9 Å². The van der Waals surface area contributed by atoms with Gasteiger partial charge in [-0.15, -0.1) is 0 Å². The number of nitrogens with one attached hydrogen (secondary N) is 1. The third kappa shape index (κ3) is 5.31. The van der Waals surface area contributed by atoms with Gasteiger partial charge in [-0.3, -0.25) is 4.79 Å². The Hall–Kier alpha value is -3.42. The van der Waals surface area contributed by atoms with Crippen LogP contribution in [0.25, 0.3) is 0 Å². The highest BCUT2D eigenvalue weighted by molar-refractivity contribution is 5.92. The molecule has 0 fully saturated rings. The Morgan fingerprint density at radius 1 is 0.966 bits per heavy atom. The summed E-state index contributed by atoms with van der Waals surface area (Å²) in [5, 5.41) is 2.70. The zero-order valence-corrected chi connectivity index (χ0v) is 16.4. The number of carbonyl (C=O) groups excluding carboxylic acids is 2. The molecule has 0 unspecified atom stereocenters. The number of amides is 1. The Morgan fingerprint density at radius 3 is 2.52 bits per heavy atom. The average molecular weight is 401 g/mol. The first kappa shape index (κ1) is 20.3. The van der Waals surface area contributed by atoms with Crippen LogP contribution in [-0.2, 0) is 16.1 Å². The van der Waals surface area contributed by atoms with Crippen LogP contribution in [0.1, 0.15) is 29.8 Å². The minimum Gasteiger partial charge on any atom is -0.490 e. The molecule has 1 aliphatic rings. The van der Waals surface area contributed by atoms with Crippen molar-refractivity contribution in [3.05, 3.63) is 47.5 Å². The molecule has 2 aromatic rings. The Morgan fingerprint density at radius 2 is 1.72 bits per heavy atom. The van der Waals surface area contributed by atoms with Crippen molar-refractivity contribution >= 4 is 11.9 Å². The van der Waals surface area contributed by atoms with Gasteiger partial charge in [-0.1, -0.05) is 6.07 Å². The van der Waals surface area contributed by atoms with E-state index in [4.69, 9.17) is 23.7 Å². The molecule has 2 aromatic carbocycles. The number of fused-ring (bicyclic) bond motifs is 1. The predicted octanol–water partition coefficient (Wildman–Crippen LogP) is 2.69. The summed E-state index contributed by atoms with van der Waals surface area (Å²) >= 11 is 0. The summed E-state index contributed by atoms with van der Waals surface area (Å²) in [6, 6.07) is 10.2. The number of esters is 1. The zero-order valence-electron chi connectivity index (χ0n) is 16.4. The van der Waals surface area contributed by atoms with E-state index >= 15 is 0 Å². The van der Waals surface area contributed by atoms with Crippen LogP contribution in [0.15, 0.2) is 36.4 Å². The molecule has 0 spiro atoms. The second kappa shape index (κ2) is 9.68. The normalized spacial score (nSPS) is 11.7. The lowest BCUT2D eigenvalue weighted by molar-refractivity contribution is -0.124. The van der Waals surface area contributed by atoms with Gasteiger partial charge in [0.15, 0.2) is 29.6 Å². The number of hydrogen-bond acceptors (Lipinski definition) is 7. The van der Waals surface area contributed by atoms with Gasteiger partial charge in [0.2, 0.25) is 6.79 Å². The minimum atomic E-state index is -0.618. The van der Waals surface area contributed by atoms with Crippen LogP contribution < -0.4 is 24.3 Å². The van der Waals surface area contributed by atoms with Gasteiger partial charge in [-0.05, 0) is 49.7 Å². The molecule has 0 atom stereocenters. The summed E-state index contributed by atoms with van der Waals surface area (Å²) in [5.41, 5.74) is 1.13. The predicted molar refractivity (Wildman–Crippen MR) is 103 cm³/mol. The summed E-state index contributed by atoms with van der Waals surface area (Å²) in [6.07, 6.45) is 0. The fraction of sp³-hybridized carbons (Fsp3) is 0.333. The number of hydrogen-bond donors (Lipinski definition) is 1. The van der Waals surface area contributed by atoms with E-state index in [0.29, 0.717) is 36.2 Å². The molecule has 1 aliphatic heterocycles. The maximum absolute atomic E-state index is 12.2. The summed E-state index contributed by atoms with van der Waals surface area (Å²) < 4.78 is 26.6. The van der Waals surface area contributed by atoms with Gasteiger partial charge in [0, 0.05) is 6.54 Å². The van der Waals surface area contributed by atoms with Crippen LogP contribution in [0.4, 0.5) is 0 Å². The van der Waals surface area contributed by atoms with Gasteiger partial charge in [0.05, 0.1) is 18.8 Å². The molecular formula is C21H23NO7. The molecule has 154 valence electrons. The first-order chi connectivity index (χ1) is 14.1. The molecule has 1 heterocycles. The van der Waals surface area contributed by atoms with Crippen molar-refractivity contribution in [3.8, 4) is 23.0 Å². The Balaban J connectivity index is 1.50. The molecule has 0 saturated carbocycles. The molecule has 0 saturated heterocycles. The van der Waals surface area contributed by atoms with Crippen molar-refractivity contribution in [1.82, 2.24) is 5.32 Å². The van der Waals surface area contributed by atoms with Gasteiger partial charge in [0.25, 0.3) is 5.91 Å². The quantitative estimate of drug-likeness (QED) is 0.646. The van der Waals surface area contributed by atoms with Crippen molar-refractivity contribution in [1.29, 1.82) is 0 Å². The molecule has 0 radical (unpaired) electrons. The lowest BCUT2D eigenvalue weighted by Crippen LogP contribution is -2.28. The van der Waals surface area contributed by atoms with Gasteiger partial charge in [0.1, 0.15) is 0 Å². The topological polar surface area (TPSA) is 92.3 Å². The number of ether oxygens (including phenoxy) is 5. The number of rotatable bonds is 9. The fourth-order valence-corrected chi connectivity index (χ4v) is 2.70. The lowest BCUT2D eigenvalue weighted by atomic mass is 10.2. The first-order valence-electron chi connectivity index (χ1n) is 9.32. The average Bonchev–Trinajstić information content (AvgIpc) is 3.20. The third-order valence-corrected chi connectivity index (χ3v) is 4.04. The molecule has 8 nitrogen and oxygen atoms in total. The van der Waals surface area contributed by atoms with E-state index in [0.717, 1.165) is 5.56 Å². The van der Waals surface area contributed by atoms with Crippen LogP contribution >= 0.6 is 0 Å². The van der Waals surface area contributed by atoms with Gasteiger partial charge < -0.3 is 29.0 Å². The number of carbonyl (C=O) groups is 2. The molecule has 0 aliphatic carbocycles. The van der Waals surface area contributed by atoms with E-state index < -0.39 is 11.9 Å². The smallest absolute Gasteiger partial charge is 0.338 e. The molecule has 0 aromatic heterocycles. The minimum absolute atomic E-state index is 0.192. The molecular weight excluding hydrogens is 378 g/mol. The standard InChI is InChI=1S/C21H23NO7/c1-3-25-16-8-6-15(10-19(16)26-4-2)21(24)27-12-20(23)22-11-14-5-7-17-18(9-14)29-13-28-17/h5-10H,3-4,11-13H2,1-2H3,(H,22,23).